The molecule has 1 N–H and O–H groups in total. The van der Waals surface area contributed by atoms with Crippen LogP contribution in [0.15, 0.2) is 17.8 Å². The van der Waals surface area contributed by atoms with Gasteiger partial charge in [-0.3, -0.25) is 0 Å². The first-order valence-corrected chi connectivity index (χ1v) is 7.80. The van der Waals surface area contributed by atoms with E-state index in [1.807, 2.05) is 6.07 Å². The minimum atomic E-state index is 0.455. The maximum Gasteiger partial charge on any atom is 0.147 e. The molecule has 1 fully saturated rings. The number of rotatable bonds is 3. The Morgan fingerprint density at radius 1 is 1.33 bits per heavy atom. The molecule has 96 valence electrons. The minimum absolute atomic E-state index is 0.455. The number of hydrogen-bond acceptors (Lipinski definition) is 4. The predicted molar refractivity (Wildman–Crippen MR) is 77.5 cm³/mol. The minimum Gasteiger partial charge on any atom is -0.366 e. The van der Waals surface area contributed by atoms with Gasteiger partial charge in [-0.15, -0.1) is 22.9 Å². The fourth-order valence-electron chi connectivity index (χ4n) is 2.65. The molecule has 2 atom stereocenters. The summed E-state index contributed by atoms with van der Waals surface area (Å²) < 4.78 is 1.15. The maximum atomic E-state index is 6.07. The van der Waals surface area contributed by atoms with Crippen LogP contribution in [0.1, 0.15) is 25.7 Å². The highest BCUT2D eigenvalue weighted by molar-refractivity contribution is 7.17. The molecule has 2 heterocycles. The van der Waals surface area contributed by atoms with E-state index in [2.05, 4.69) is 20.7 Å². The van der Waals surface area contributed by atoms with Crippen LogP contribution >= 0.6 is 22.9 Å². The van der Waals surface area contributed by atoms with Gasteiger partial charge < -0.3 is 5.32 Å². The third kappa shape index (κ3) is 2.31. The van der Waals surface area contributed by atoms with Crippen molar-refractivity contribution in [2.45, 2.75) is 31.7 Å². The van der Waals surface area contributed by atoms with Gasteiger partial charge in [0.2, 0.25) is 0 Å². The standard InChI is InChI=1S/C13H16ClN3S/c14-7-9-3-1-2-4-10(9)17-13-12-11(5-6-18-12)15-8-16-13/h5-6,8-10H,1-4,7H2,(H,15,16,17). The maximum absolute atomic E-state index is 6.07. The predicted octanol–water partition coefficient (Wildman–Crippen LogP) is 3.90. The SMILES string of the molecule is ClCC1CCCCC1Nc1ncnc2ccsc12. The van der Waals surface area contributed by atoms with Gasteiger partial charge in [-0.2, -0.15) is 0 Å². The lowest BCUT2D eigenvalue weighted by atomic mass is 9.86. The molecule has 0 spiro atoms. The fraction of sp³-hybridized carbons (Fsp3) is 0.538. The van der Waals surface area contributed by atoms with Gasteiger partial charge in [-0.05, 0) is 30.2 Å². The summed E-state index contributed by atoms with van der Waals surface area (Å²) >= 11 is 7.76. The van der Waals surface area contributed by atoms with Crippen LogP contribution < -0.4 is 5.32 Å². The van der Waals surface area contributed by atoms with Crippen LogP contribution in [0, 0.1) is 5.92 Å². The van der Waals surface area contributed by atoms with E-state index in [1.165, 1.54) is 25.7 Å². The summed E-state index contributed by atoms with van der Waals surface area (Å²) in [5, 5.41) is 5.65. The summed E-state index contributed by atoms with van der Waals surface area (Å²) in [5.41, 5.74) is 1.02. The van der Waals surface area contributed by atoms with Crippen LogP contribution in [-0.4, -0.2) is 21.9 Å². The Balaban J connectivity index is 1.84. The molecular formula is C13H16ClN3S. The third-order valence-electron chi connectivity index (χ3n) is 3.67. The Kier molecular flexibility index (Phi) is 3.66. The molecule has 0 aliphatic heterocycles. The third-order valence-corrected chi connectivity index (χ3v) is 4.98. The molecule has 1 aliphatic rings. The van der Waals surface area contributed by atoms with Crippen molar-refractivity contribution in [3.8, 4) is 0 Å². The summed E-state index contributed by atoms with van der Waals surface area (Å²) in [5.74, 6) is 2.26. The van der Waals surface area contributed by atoms with Crippen LogP contribution in [0.2, 0.25) is 0 Å². The average molecular weight is 282 g/mol. The van der Waals surface area contributed by atoms with Crippen molar-refractivity contribution in [1.29, 1.82) is 0 Å². The first-order chi connectivity index (χ1) is 8.88. The molecule has 2 aromatic rings. The molecule has 1 saturated carbocycles. The van der Waals surface area contributed by atoms with E-state index in [9.17, 15) is 0 Å². The van der Waals surface area contributed by atoms with Crippen LogP contribution in [-0.2, 0) is 0 Å². The van der Waals surface area contributed by atoms with E-state index in [0.29, 0.717) is 12.0 Å². The summed E-state index contributed by atoms with van der Waals surface area (Å²) in [7, 11) is 0. The Morgan fingerprint density at radius 3 is 3.11 bits per heavy atom. The quantitative estimate of drug-likeness (QED) is 0.867. The average Bonchev–Trinajstić information content (AvgIpc) is 2.89. The summed E-state index contributed by atoms with van der Waals surface area (Å²) in [6, 6.07) is 2.49. The van der Waals surface area contributed by atoms with Gasteiger partial charge in [0, 0.05) is 11.9 Å². The van der Waals surface area contributed by atoms with Crippen molar-refractivity contribution in [2.24, 2.45) is 5.92 Å². The first-order valence-electron chi connectivity index (χ1n) is 6.39. The molecule has 2 unspecified atom stereocenters. The van der Waals surface area contributed by atoms with E-state index in [1.54, 1.807) is 17.7 Å². The topological polar surface area (TPSA) is 37.8 Å². The normalized spacial score (nSPS) is 24.3. The smallest absolute Gasteiger partial charge is 0.147 e. The molecule has 2 aromatic heterocycles. The number of hydrogen-bond donors (Lipinski definition) is 1. The molecule has 0 radical (unpaired) electrons. The zero-order chi connectivity index (χ0) is 12.4. The highest BCUT2D eigenvalue weighted by Crippen LogP contribution is 2.31. The molecule has 1 aliphatic carbocycles. The van der Waals surface area contributed by atoms with Gasteiger partial charge in [-0.25, -0.2) is 9.97 Å². The molecule has 18 heavy (non-hydrogen) atoms. The molecule has 0 bridgehead atoms. The second-order valence-electron chi connectivity index (χ2n) is 4.81. The van der Waals surface area contributed by atoms with Gasteiger partial charge >= 0.3 is 0 Å². The van der Waals surface area contributed by atoms with E-state index in [0.717, 1.165) is 21.9 Å². The van der Waals surface area contributed by atoms with Crippen molar-refractivity contribution in [1.82, 2.24) is 9.97 Å². The van der Waals surface area contributed by atoms with Crippen LogP contribution in [0.5, 0.6) is 0 Å². The van der Waals surface area contributed by atoms with Crippen LogP contribution in [0.4, 0.5) is 5.82 Å². The second kappa shape index (κ2) is 5.41. The highest BCUT2D eigenvalue weighted by Gasteiger charge is 2.25. The molecular weight excluding hydrogens is 266 g/mol. The van der Waals surface area contributed by atoms with Crippen molar-refractivity contribution in [3.63, 3.8) is 0 Å². The molecule has 0 aromatic carbocycles. The number of nitrogens with one attached hydrogen (secondary N) is 1. The van der Waals surface area contributed by atoms with Gasteiger partial charge in [0.15, 0.2) is 0 Å². The summed E-state index contributed by atoms with van der Waals surface area (Å²) in [4.78, 5) is 8.65. The molecule has 3 rings (SSSR count). The van der Waals surface area contributed by atoms with Gasteiger partial charge in [0.25, 0.3) is 0 Å². The lowest BCUT2D eigenvalue weighted by Gasteiger charge is -2.31. The summed E-state index contributed by atoms with van der Waals surface area (Å²) in [6.07, 6.45) is 6.63. The number of alkyl halides is 1. The van der Waals surface area contributed by atoms with Crippen molar-refractivity contribution in [3.05, 3.63) is 17.8 Å². The number of halogens is 1. The number of thiophene rings is 1. The number of anilines is 1. The zero-order valence-corrected chi connectivity index (χ0v) is 11.7. The van der Waals surface area contributed by atoms with Crippen LogP contribution in [0.3, 0.4) is 0 Å². The first kappa shape index (κ1) is 12.2. The highest BCUT2D eigenvalue weighted by atomic mass is 35.5. The number of aromatic nitrogens is 2. The zero-order valence-electron chi connectivity index (χ0n) is 10.1. The molecule has 5 heteroatoms. The lowest BCUT2D eigenvalue weighted by molar-refractivity contribution is 0.353. The number of nitrogens with zero attached hydrogens (tertiary/aromatic N) is 2. The van der Waals surface area contributed by atoms with Crippen molar-refractivity contribution < 1.29 is 0 Å². The van der Waals surface area contributed by atoms with Crippen LogP contribution in [0.25, 0.3) is 10.2 Å². The van der Waals surface area contributed by atoms with Gasteiger partial charge in [-0.1, -0.05) is 12.8 Å². The number of fused-ring (bicyclic) bond motifs is 1. The fourth-order valence-corrected chi connectivity index (χ4v) is 3.82. The van der Waals surface area contributed by atoms with E-state index >= 15 is 0 Å². The van der Waals surface area contributed by atoms with E-state index < -0.39 is 0 Å². The molecule has 3 nitrogen and oxygen atoms in total. The Morgan fingerprint density at radius 2 is 2.22 bits per heavy atom. The molecule has 0 saturated heterocycles. The van der Waals surface area contributed by atoms with Crippen molar-refractivity contribution >= 4 is 39.0 Å². The second-order valence-corrected chi connectivity index (χ2v) is 6.03. The molecule has 0 amide bonds. The van der Waals surface area contributed by atoms with E-state index in [4.69, 9.17) is 11.6 Å². The van der Waals surface area contributed by atoms with Gasteiger partial charge in [0.1, 0.15) is 12.1 Å². The van der Waals surface area contributed by atoms with E-state index in [-0.39, 0.29) is 0 Å². The van der Waals surface area contributed by atoms with Gasteiger partial charge in [0.05, 0.1) is 10.2 Å². The monoisotopic (exact) mass is 281 g/mol. The Labute approximate surface area is 116 Å². The largest absolute Gasteiger partial charge is 0.366 e. The lowest BCUT2D eigenvalue weighted by Crippen LogP contribution is -2.33. The Bertz CT molecular complexity index is 528. The van der Waals surface area contributed by atoms with Crippen molar-refractivity contribution in [2.75, 3.05) is 11.2 Å². The Hall–Kier alpha value is -0.870. The summed E-state index contributed by atoms with van der Waals surface area (Å²) in [6.45, 7) is 0.